The monoisotopic (exact) mass is 372 g/mol. The molecule has 0 aromatic heterocycles. The lowest BCUT2D eigenvalue weighted by Crippen LogP contribution is -2.17. The van der Waals surface area contributed by atoms with E-state index in [9.17, 15) is 16.8 Å². The van der Waals surface area contributed by atoms with E-state index in [0.717, 1.165) is 0 Å². The standard InChI is InChI=1S/C14H16N2O6S2/c1-21-11-7-3-4-8-12(11)24(19,20)16-10-6-5-9-13(14(10)22-2)23(15,17)18/h3-9,16H,1-2H3,(H2,15,17,18). The van der Waals surface area contributed by atoms with Gasteiger partial charge >= 0.3 is 0 Å². The maximum Gasteiger partial charge on any atom is 0.265 e. The molecule has 0 aliphatic rings. The molecular weight excluding hydrogens is 356 g/mol. The molecule has 0 saturated carbocycles. The highest BCUT2D eigenvalue weighted by Gasteiger charge is 2.24. The SMILES string of the molecule is COc1ccccc1S(=O)(=O)Nc1cccc(S(N)(=O)=O)c1OC. The number of primary sulfonamides is 1. The summed E-state index contributed by atoms with van der Waals surface area (Å²) in [5.74, 6) is -0.0509. The van der Waals surface area contributed by atoms with Crippen LogP contribution >= 0.6 is 0 Å². The molecular formula is C14H16N2O6S2. The van der Waals surface area contributed by atoms with Crippen LogP contribution in [0.1, 0.15) is 0 Å². The Balaban J connectivity index is 2.55. The van der Waals surface area contributed by atoms with Crippen molar-refractivity contribution in [1.82, 2.24) is 0 Å². The number of para-hydroxylation sites is 2. The molecule has 8 nitrogen and oxygen atoms in total. The molecule has 0 heterocycles. The Labute approximate surface area is 140 Å². The van der Waals surface area contributed by atoms with Crippen molar-refractivity contribution in [3.05, 3.63) is 42.5 Å². The fraction of sp³-hybridized carbons (Fsp3) is 0.143. The normalized spacial score (nSPS) is 11.8. The van der Waals surface area contributed by atoms with Crippen LogP contribution in [0.15, 0.2) is 52.3 Å². The first-order valence-corrected chi connectivity index (χ1v) is 9.59. The minimum absolute atomic E-state index is 0.0602. The van der Waals surface area contributed by atoms with E-state index >= 15 is 0 Å². The second kappa shape index (κ2) is 6.67. The van der Waals surface area contributed by atoms with E-state index in [1.807, 2.05) is 0 Å². The van der Waals surface area contributed by atoms with Crippen LogP contribution in [-0.2, 0) is 20.0 Å². The summed E-state index contributed by atoms with van der Waals surface area (Å²) in [5, 5.41) is 5.12. The minimum atomic E-state index is -4.09. The summed E-state index contributed by atoms with van der Waals surface area (Å²) >= 11 is 0. The van der Waals surface area contributed by atoms with Gasteiger partial charge in [0.05, 0.1) is 19.9 Å². The van der Waals surface area contributed by atoms with E-state index in [2.05, 4.69) is 4.72 Å². The zero-order valence-electron chi connectivity index (χ0n) is 12.9. The van der Waals surface area contributed by atoms with Crippen LogP contribution in [0.4, 0.5) is 5.69 Å². The fourth-order valence-corrected chi connectivity index (χ4v) is 4.03. The van der Waals surface area contributed by atoms with Crippen molar-refractivity contribution in [2.75, 3.05) is 18.9 Å². The highest BCUT2D eigenvalue weighted by molar-refractivity contribution is 7.93. The summed E-state index contributed by atoms with van der Waals surface area (Å²) in [6.45, 7) is 0. The van der Waals surface area contributed by atoms with Gasteiger partial charge < -0.3 is 9.47 Å². The van der Waals surface area contributed by atoms with Crippen molar-refractivity contribution in [2.24, 2.45) is 5.14 Å². The van der Waals surface area contributed by atoms with Gasteiger partial charge in [0, 0.05) is 0 Å². The molecule has 2 aromatic carbocycles. The van der Waals surface area contributed by atoms with Crippen LogP contribution in [0, 0.1) is 0 Å². The molecule has 0 radical (unpaired) electrons. The quantitative estimate of drug-likeness (QED) is 0.784. The lowest BCUT2D eigenvalue weighted by molar-refractivity contribution is 0.402. The van der Waals surface area contributed by atoms with Crippen molar-refractivity contribution in [1.29, 1.82) is 0 Å². The van der Waals surface area contributed by atoms with Crippen LogP contribution in [0.2, 0.25) is 0 Å². The third kappa shape index (κ3) is 3.61. The molecule has 2 rings (SSSR count). The third-order valence-electron chi connectivity index (χ3n) is 3.09. The predicted octanol–water partition coefficient (Wildman–Crippen LogP) is 1.15. The first-order chi connectivity index (χ1) is 11.2. The van der Waals surface area contributed by atoms with E-state index in [1.165, 1.54) is 50.6 Å². The number of benzene rings is 2. The molecule has 10 heteroatoms. The Morgan fingerprint density at radius 2 is 1.50 bits per heavy atom. The molecule has 0 spiro atoms. The Hall–Kier alpha value is -2.30. The maximum atomic E-state index is 12.6. The summed E-state index contributed by atoms with van der Waals surface area (Å²) < 4.78 is 60.7. The molecule has 3 N–H and O–H groups in total. The second-order valence-corrected chi connectivity index (χ2v) is 7.82. The molecule has 2 aromatic rings. The summed E-state index contributed by atoms with van der Waals surface area (Å²) in [4.78, 5) is -0.430. The van der Waals surface area contributed by atoms with E-state index in [4.69, 9.17) is 14.6 Å². The average molecular weight is 372 g/mol. The molecule has 0 aliphatic carbocycles. The molecule has 0 unspecified atom stereocenters. The molecule has 0 fully saturated rings. The topological polar surface area (TPSA) is 125 Å². The van der Waals surface area contributed by atoms with Crippen LogP contribution in [0.25, 0.3) is 0 Å². The smallest absolute Gasteiger partial charge is 0.265 e. The molecule has 130 valence electrons. The summed E-state index contributed by atoms with van der Waals surface area (Å²) in [7, 11) is -5.57. The number of hydrogen-bond acceptors (Lipinski definition) is 6. The largest absolute Gasteiger partial charge is 0.495 e. The number of rotatable bonds is 6. The van der Waals surface area contributed by atoms with Gasteiger partial charge in [-0.3, -0.25) is 4.72 Å². The van der Waals surface area contributed by atoms with E-state index in [-0.39, 0.29) is 27.0 Å². The molecule has 24 heavy (non-hydrogen) atoms. The number of sulfonamides is 2. The zero-order valence-corrected chi connectivity index (χ0v) is 14.5. The Bertz CT molecular complexity index is 955. The Morgan fingerprint density at radius 3 is 2.08 bits per heavy atom. The molecule has 0 saturated heterocycles. The number of hydrogen-bond donors (Lipinski definition) is 2. The summed E-state index contributed by atoms with van der Waals surface area (Å²) in [5.41, 5.74) is -0.0602. The van der Waals surface area contributed by atoms with Gasteiger partial charge in [0.2, 0.25) is 10.0 Å². The summed E-state index contributed by atoms with van der Waals surface area (Å²) in [6.07, 6.45) is 0. The van der Waals surface area contributed by atoms with Gasteiger partial charge in [-0.1, -0.05) is 18.2 Å². The minimum Gasteiger partial charge on any atom is -0.495 e. The second-order valence-electron chi connectivity index (χ2n) is 4.64. The number of anilines is 1. The van der Waals surface area contributed by atoms with Gasteiger partial charge in [-0.25, -0.2) is 22.0 Å². The lowest BCUT2D eigenvalue weighted by atomic mass is 10.3. The number of nitrogens with two attached hydrogens (primary N) is 1. The van der Waals surface area contributed by atoms with E-state index in [0.29, 0.717) is 0 Å². The van der Waals surface area contributed by atoms with Gasteiger partial charge in [-0.15, -0.1) is 0 Å². The zero-order chi connectivity index (χ0) is 18.0. The van der Waals surface area contributed by atoms with E-state index in [1.54, 1.807) is 6.07 Å². The van der Waals surface area contributed by atoms with Gasteiger partial charge in [0.1, 0.15) is 15.5 Å². The maximum absolute atomic E-state index is 12.6. The molecule has 0 amide bonds. The Kier molecular flexibility index (Phi) is 5.02. The Morgan fingerprint density at radius 1 is 0.875 bits per heavy atom. The summed E-state index contributed by atoms with van der Waals surface area (Å²) in [6, 6.07) is 9.94. The van der Waals surface area contributed by atoms with Crippen molar-refractivity contribution >= 4 is 25.7 Å². The van der Waals surface area contributed by atoms with E-state index < -0.39 is 20.0 Å². The first-order valence-electron chi connectivity index (χ1n) is 6.56. The molecule has 0 atom stereocenters. The van der Waals surface area contributed by atoms with Crippen molar-refractivity contribution in [2.45, 2.75) is 9.79 Å². The van der Waals surface area contributed by atoms with Gasteiger partial charge in [0.15, 0.2) is 5.75 Å². The predicted molar refractivity (Wildman–Crippen MR) is 88.2 cm³/mol. The third-order valence-corrected chi connectivity index (χ3v) is 5.43. The highest BCUT2D eigenvalue weighted by atomic mass is 32.2. The molecule has 0 bridgehead atoms. The van der Waals surface area contributed by atoms with Gasteiger partial charge in [-0.2, -0.15) is 0 Å². The van der Waals surface area contributed by atoms with Crippen molar-refractivity contribution < 1.29 is 26.3 Å². The fourth-order valence-electron chi connectivity index (χ4n) is 2.07. The van der Waals surface area contributed by atoms with Crippen LogP contribution in [-0.4, -0.2) is 31.1 Å². The van der Waals surface area contributed by atoms with Crippen LogP contribution < -0.4 is 19.3 Å². The molecule has 0 aliphatic heterocycles. The van der Waals surface area contributed by atoms with Crippen molar-refractivity contribution in [3.8, 4) is 11.5 Å². The highest BCUT2D eigenvalue weighted by Crippen LogP contribution is 2.34. The van der Waals surface area contributed by atoms with Gasteiger partial charge in [0.25, 0.3) is 10.0 Å². The van der Waals surface area contributed by atoms with Gasteiger partial charge in [-0.05, 0) is 24.3 Å². The van der Waals surface area contributed by atoms with Crippen molar-refractivity contribution in [3.63, 3.8) is 0 Å². The van der Waals surface area contributed by atoms with Crippen LogP contribution in [0.3, 0.4) is 0 Å². The number of methoxy groups -OCH3 is 2. The lowest BCUT2D eigenvalue weighted by Gasteiger charge is -2.15. The number of nitrogens with one attached hydrogen (secondary N) is 1. The number of ether oxygens (including phenoxy) is 2. The average Bonchev–Trinajstić information content (AvgIpc) is 2.53. The first kappa shape index (κ1) is 18.0. The van der Waals surface area contributed by atoms with Crippen LogP contribution in [0.5, 0.6) is 11.5 Å².